The zero-order valence-electron chi connectivity index (χ0n) is 16.3. The molecule has 2 heterocycles. The molecular formula is C21H27ClN2O3S. The van der Waals surface area contributed by atoms with Gasteiger partial charge >= 0.3 is 0 Å². The lowest BCUT2D eigenvalue weighted by Gasteiger charge is -2.35. The number of ether oxygens (including phenoxy) is 1. The molecule has 1 aliphatic rings. The zero-order chi connectivity index (χ0) is 20.1. The van der Waals surface area contributed by atoms with Crippen LogP contribution in [0.15, 0.2) is 47.5 Å². The molecule has 28 heavy (non-hydrogen) atoms. The topological polar surface area (TPSA) is 59.5 Å². The number of hydrogen-bond donors (Lipinski definition) is 0. The second-order valence-corrected chi connectivity index (χ2v) is 9.97. The van der Waals surface area contributed by atoms with Crippen LogP contribution in [0.2, 0.25) is 5.02 Å². The third kappa shape index (κ3) is 5.61. The third-order valence-corrected chi connectivity index (χ3v) is 6.83. The van der Waals surface area contributed by atoms with Crippen molar-refractivity contribution in [3.05, 3.63) is 47.6 Å². The largest absolute Gasteiger partial charge is 0.494 e. The fourth-order valence-corrected chi connectivity index (χ4v) is 4.38. The van der Waals surface area contributed by atoms with Crippen molar-refractivity contribution in [2.75, 3.05) is 30.9 Å². The fourth-order valence-electron chi connectivity index (χ4n) is 3.63. The summed E-state index contributed by atoms with van der Waals surface area (Å²) in [6.07, 6.45) is 6.19. The minimum Gasteiger partial charge on any atom is -0.494 e. The van der Waals surface area contributed by atoms with Gasteiger partial charge in [0.1, 0.15) is 11.6 Å². The van der Waals surface area contributed by atoms with Gasteiger partial charge in [0, 0.05) is 25.5 Å². The van der Waals surface area contributed by atoms with Gasteiger partial charge in [-0.2, -0.15) is 0 Å². The fraction of sp³-hybridized carbons (Fsp3) is 0.476. The molecule has 0 saturated carbocycles. The lowest BCUT2D eigenvalue weighted by molar-refractivity contribution is 0.223. The highest BCUT2D eigenvalue weighted by Gasteiger charge is 2.24. The number of aromatic nitrogens is 1. The Bertz CT molecular complexity index is 862. The molecule has 0 radical (unpaired) electrons. The molecule has 0 unspecified atom stereocenters. The molecule has 1 saturated heterocycles. The van der Waals surface area contributed by atoms with Gasteiger partial charge in [0.2, 0.25) is 0 Å². The molecule has 1 aromatic heterocycles. The monoisotopic (exact) mass is 422 g/mol. The Kier molecular flexibility index (Phi) is 6.83. The van der Waals surface area contributed by atoms with E-state index >= 15 is 0 Å². The van der Waals surface area contributed by atoms with E-state index in [9.17, 15) is 8.42 Å². The van der Waals surface area contributed by atoms with E-state index in [1.807, 2.05) is 12.1 Å². The van der Waals surface area contributed by atoms with Crippen molar-refractivity contribution < 1.29 is 13.2 Å². The molecule has 1 atom stereocenters. The second kappa shape index (κ2) is 9.14. The van der Waals surface area contributed by atoms with Crippen molar-refractivity contribution in [3.63, 3.8) is 0 Å². The number of anilines is 1. The average Bonchev–Trinajstić information content (AvgIpc) is 2.68. The first-order valence-electron chi connectivity index (χ1n) is 9.62. The van der Waals surface area contributed by atoms with Crippen molar-refractivity contribution in [1.29, 1.82) is 0 Å². The van der Waals surface area contributed by atoms with Gasteiger partial charge in [0.15, 0.2) is 9.84 Å². The van der Waals surface area contributed by atoms with Crippen molar-refractivity contribution >= 4 is 27.3 Å². The summed E-state index contributed by atoms with van der Waals surface area (Å²) < 4.78 is 28.8. The molecule has 1 fully saturated rings. The molecule has 0 spiro atoms. The molecule has 0 amide bonds. The third-order valence-electron chi connectivity index (χ3n) is 5.47. The second-order valence-electron chi connectivity index (χ2n) is 7.52. The van der Waals surface area contributed by atoms with Crippen LogP contribution in [0.3, 0.4) is 0 Å². The number of benzene rings is 1. The van der Waals surface area contributed by atoms with E-state index in [-0.39, 0.29) is 0 Å². The maximum atomic E-state index is 11.5. The SMILES string of the molecule is C[C@H](CCOc1ccc(S(C)(=O)=O)cc1)C1CCN(c2ccc(Cl)cn2)CC1. The van der Waals surface area contributed by atoms with Crippen LogP contribution in [0.5, 0.6) is 5.75 Å². The maximum Gasteiger partial charge on any atom is 0.175 e. The highest BCUT2D eigenvalue weighted by Crippen LogP contribution is 2.29. The van der Waals surface area contributed by atoms with Crippen LogP contribution in [0.4, 0.5) is 5.82 Å². The molecule has 0 aliphatic carbocycles. The Hall–Kier alpha value is -1.79. The smallest absolute Gasteiger partial charge is 0.175 e. The van der Waals surface area contributed by atoms with E-state index in [1.54, 1.807) is 30.5 Å². The van der Waals surface area contributed by atoms with Crippen LogP contribution in [0.25, 0.3) is 0 Å². The van der Waals surface area contributed by atoms with Crippen LogP contribution in [-0.2, 0) is 9.84 Å². The van der Waals surface area contributed by atoms with E-state index in [0.717, 1.165) is 38.2 Å². The van der Waals surface area contributed by atoms with Gasteiger partial charge in [0.05, 0.1) is 16.5 Å². The number of hydrogen-bond acceptors (Lipinski definition) is 5. The minimum atomic E-state index is -3.17. The summed E-state index contributed by atoms with van der Waals surface area (Å²) >= 11 is 5.92. The predicted octanol–water partition coefficient (Wildman–Crippen LogP) is 4.46. The van der Waals surface area contributed by atoms with Gasteiger partial charge in [0.25, 0.3) is 0 Å². The molecule has 2 aromatic rings. The summed E-state index contributed by atoms with van der Waals surface area (Å²) in [7, 11) is -3.17. The minimum absolute atomic E-state index is 0.315. The molecule has 0 bridgehead atoms. The standard InChI is InChI=1S/C21H27ClN2O3S/c1-16(11-14-27-19-4-6-20(7-5-19)28(2,25)26)17-9-12-24(13-10-17)21-8-3-18(22)15-23-21/h3-8,15-17H,9-14H2,1-2H3/t16-/m1/s1. The molecule has 5 nitrogen and oxygen atoms in total. The van der Waals surface area contributed by atoms with Gasteiger partial charge < -0.3 is 9.64 Å². The quantitative estimate of drug-likeness (QED) is 0.659. The Labute approximate surface area is 172 Å². The molecule has 1 aliphatic heterocycles. The summed E-state index contributed by atoms with van der Waals surface area (Å²) in [4.78, 5) is 7.05. The van der Waals surface area contributed by atoms with E-state index < -0.39 is 9.84 Å². The maximum absolute atomic E-state index is 11.5. The van der Waals surface area contributed by atoms with E-state index in [1.165, 1.54) is 6.26 Å². The van der Waals surface area contributed by atoms with Crippen LogP contribution in [0, 0.1) is 11.8 Å². The molecule has 0 N–H and O–H groups in total. The summed E-state index contributed by atoms with van der Waals surface area (Å²) in [5.74, 6) is 2.97. The van der Waals surface area contributed by atoms with Crippen molar-refractivity contribution in [2.45, 2.75) is 31.1 Å². The van der Waals surface area contributed by atoms with Crippen molar-refractivity contribution in [1.82, 2.24) is 4.98 Å². The summed E-state index contributed by atoms with van der Waals surface area (Å²) in [6.45, 7) is 4.95. The first-order chi connectivity index (χ1) is 13.3. The molecular weight excluding hydrogens is 396 g/mol. The number of piperidine rings is 1. The molecule has 152 valence electrons. The number of halogens is 1. The first kappa shape index (κ1) is 20.9. The first-order valence-corrected chi connectivity index (χ1v) is 11.9. The van der Waals surface area contributed by atoms with Gasteiger partial charge in [-0.05, 0) is 67.5 Å². The predicted molar refractivity (Wildman–Crippen MR) is 113 cm³/mol. The van der Waals surface area contributed by atoms with Gasteiger partial charge in [-0.15, -0.1) is 0 Å². The van der Waals surface area contributed by atoms with Crippen molar-refractivity contribution in [2.24, 2.45) is 11.8 Å². The summed E-state index contributed by atoms with van der Waals surface area (Å²) in [6, 6.07) is 10.5. The van der Waals surface area contributed by atoms with Crippen LogP contribution in [-0.4, -0.2) is 39.4 Å². The number of nitrogens with zero attached hydrogens (tertiary/aromatic N) is 2. The summed E-state index contributed by atoms with van der Waals surface area (Å²) in [5, 5.41) is 0.665. The van der Waals surface area contributed by atoms with Gasteiger partial charge in [-0.3, -0.25) is 0 Å². The lowest BCUT2D eigenvalue weighted by atomic mass is 9.84. The van der Waals surface area contributed by atoms with Gasteiger partial charge in [-0.1, -0.05) is 18.5 Å². The Morgan fingerprint density at radius 1 is 1.18 bits per heavy atom. The normalized spacial score (nSPS) is 16.8. The van der Waals surface area contributed by atoms with Crippen LogP contribution < -0.4 is 9.64 Å². The number of sulfone groups is 1. The van der Waals surface area contributed by atoms with Crippen LogP contribution in [0.1, 0.15) is 26.2 Å². The Morgan fingerprint density at radius 3 is 2.43 bits per heavy atom. The molecule has 1 aromatic carbocycles. The molecule has 7 heteroatoms. The Morgan fingerprint density at radius 2 is 1.86 bits per heavy atom. The lowest BCUT2D eigenvalue weighted by Crippen LogP contribution is -2.36. The molecule has 3 rings (SSSR count). The van der Waals surface area contributed by atoms with E-state index in [2.05, 4.69) is 16.8 Å². The zero-order valence-corrected chi connectivity index (χ0v) is 17.9. The van der Waals surface area contributed by atoms with Crippen LogP contribution >= 0.6 is 11.6 Å². The van der Waals surface area contributed by atoms with Crippen molar-refractivity contribution in [3.8, 4) is 5.75 Å². The Balaban J connectivity index is 1.42. The highest BCUT2D eigenvalue weighted by atomic mass is 35.5. The summed E-state index contributed by atoms with van der Waals surface area (Å²) in [5.41, 5.74) is 0. The number of pyridine rings is 1. The van der Waals surface area contributed by atoms with E-state index in [0.29, 0.717) is 34.1 Å². The van der Waals surface area contributed by atoms with Gasteiger partial charge in [-0.25, -0.2) is 13.4 Å². The average molecular weight is 423 g/mol. The highest BCUT2D eigenvalue weighted by molar-refractivity contribution is 7.90. The number of rotatable bonds is 7. The van der Waals surface area contributed by atoms with E-state index in [4.69, 9.17) is 16.3 Å².